The van der Waals surface area contributed by atoms with Crippen LogP contribution < -0.4 is 5.73 Å². The molecule has 0 aliphatic carbocycles. The summed E-state index contributed by atoms with van der Waals surface area (Å²) in [6.45, 7) is 0. The molecule has 0 aromatic heterocycles. The van der Waals surface area contributed by atoms with Crippen molar-refractivity contribution < 1.29 is 19.1 Å². The second-order valence-electron chi connectivity index (χ2n) is 2.99. The van der Waals surface area contributed by atoms with Crippen LogP contribution in [0.25, 0.3) is 0 Å². The van der Waals surface area contributed by atoms with Gasteiger partial charge in [-0.15, -0.1) is 0 Å². The van der Waals surface area contributed by atoms with Crippen LogP contribution in [-0.2, 0) is 4.79 Å². The summed E-state index contributed by atoms with van der Waals surface area (Å²) in [5, 5.41) is 8.62. The predicted molar refractivity (Wildman–Crippen MR) is 49.9 cm³/mol. The molecule has 0 spiro atoms. The predicted octanol–water partition coefficient (Wildman–Crippen LogP) is 0.761. The molecule has 0 saturated carbocycles. The molecule has 0 radical (unpaired) electrons. The second kappa shape index (κ2) is 2.88. The maximum absolute atomic E-state index is 13.0. The normalized spacial score (nSPS) is 13.7. The van der Waals surface area contributed by atoms with E-state index < -0.39 is 23.3 Å². The van der Waals surface area contributed by atoms with Gasteiger partial charge in [0.2, 0.25) is 5.78 Å². The highest BCUT2D eigenvalue weighted by atomic mass is 19.1. The number of aliphatic imine (C=N–C) groups is 1. The van der Waals surface area contributed by atoms with Gasteiger partial charge in [-0.05, 0) is 12.1 Å². The molecule has 0 unspecified atom stereocenters. The minimum atomic E-state index is -1.44. The fourth-order valence-electron chi connectivity index (χ4n) is 1.30. The molecule has 6 heteroatoms. The average Bonchev–Trinajstić information content (AvgIpc) is 2.46. The van der Waals surface area contributed by atoms with Crippen LogP contribution in [-0.4, -0.2) is 22.6 Å². The van der Waals surface area contributed by atoms with Gasteiger partial charge in [0.25, 0.3) is 0 Å². The number of fused-ring (bicyclic) bond motifs is 1. The number of benzene rings is 1. The number of Topliss-reactive ketones (excluding diaryl/α,β-unsaturated/α-hetero) is 1. The molecule has 5 nitrogen and oxygen atoms in total. The van der Waals surface area contributed by atoms with E-state index in [-0.39, 0.29) is 16.9 Å². The monoisotopic (exact) mass is 208 g/mol. The number of rotatable bonds is 1. The first-order chi connectivity index (χ1) is 7.00. The van der Waals surface area contributed by atoms with Gasteiger partial charge in [-0.3, -0.25) is 4.79 Å². The van der Waals surface area contributed by atoms with Crippen LogP contribution in [0.5, 0.6) is 0 Å². The molecular weight excluding hydrogens is 203 g/mol. The number of nitrogens with zero attached hydrogens (tertiary/aromatic N) is 1. The molecule has 3 N–H and O–H groups in total. The lowest BCUT2D eigenvalue weighted by atomic mass is 10.1. The highest BCUT2D eigenvalue weighted by Gasteiger charge is 2.30. The zero-order valence-electron chi connectivity index (χ0n) is 7.32. The van der Waals surface area contributed by atoms with E-state index in [0.29, 0.717) is 0 Å². The molecule has 15 heavy (non-hydrogen) atoms. The number of ketones is 1. The Labute approximate surface area is 83.0 Å². The first-order valence-corrected chi connectivity index (χ1v) is 3.96. The van der Waals surface area contributed by atoms with Crippen LogP contribution in [0, 0.1) is 5.82 Å². The Kier molecular flexibility index (Phi) is 1.79. The van der Waals surface area contributed by atoms with Crippen LogP contribution in [0.15, 0.2) is 17.1 Å². The summed E-state index contributed by atoms with van der Waals surface area (Å²) in [7, 11) is 0. The third-order valence-corrected chi connectivity index (χ3v) is 2.01. The van der Waals surface area contributed by atoms with Crippen molar-refractivity contribution in [2.45, 2.75) is 0 Å². The topological polar surface area (TPSA) is 92.8 Å². The van der Waals surface area contributed by atoms with Gasteiger partial charge in [-0.1, -0.05) is 0 Å². The summed E-state index contributed by atoms with van der Waals surface area (Å²) in [6, 6.07) is 2.03. The first-order valence-electron chi connectivity index (χ1n) is 3.96. The highest BCUT2D eigenvalue weighted by Crippen LogP contribution is 2.30. The Bertz CT molecular complexity index is 522. The molecule has 1 heterocycles. The lowest BCUT2D eigenvalue weighted by molar-refractivity contribution is -0.129. The van der Waals surface area contributed by atoms with Gasteiger partial charge in [0.15, 0.2) is 5.71 Å². The maximum atomic E-state index is 13.0. The second-order valence-corrected chi connectivity index (χ2v) is 2.99. The van der Waals surface area contributed by atoms with E-state index in [4.69, 9.17) is 10.8 Å². The van der Waals surface area contributed by atoms with Crippen molar-refractivity contribution in [2.75, 3.05) is 5.73 Å². The van der Waals surface area contributed by atoms with Gasteiger partial charge in [0.1, 0.15) is 5.82 Å². The molecule has 1 aliphatic heterocycles. The molecule has 76 valence electrons. The van der Waals surface area contributed by atoms with Gasteiger partial charge in [0, 0.05) is 0 Å². The summed E-state index contributed by atoms with van der Waals surface area (Å²) in [5.74, 6) is -2.99. The van der Waals surface area contributed by atoms with Crippen molar-refractivity contribution in [3.8, 4) is 0 Å². The molecule has 0 amide bonds. The highest BCUT2D eigenvalue weighted by molar-refractivity contribution is 6.69. The maximum Gasteiger partial charge on any atom is 0.358 e. The van der Waals surface area contributed by atoms with Crippen molar-refractivity contribution in [1.29, 1.82) is 0 Å². The van der Waals surface area contributed by atoms with E-state index >= 15 is 0 Å². The van der Waals surface area contributed by atoms with E-state index in [9.17, 15) is 14.0 Å². The first kappa shape index (κ1) is 9.32. The third-order valence-electron chi connectivity index (χ3n) is 2.01. The number of carboxylic acids is 1. The Hall–Kier alpha value is -2.24. The number of anilines is 1. The van der Waals surface area contributed by atoms with Gasteiger partial charge >= 0.3 is 5.97 Å². The molecule has 0 bridgehead atoms. The molecule has 0 atom stereocenters. The van der Waals surface area contributed by atoms with Crippen LogP contribution in [0.1, 0.15) is 10.4 Å². The van der Waals surface area contributed by atoms with E-state index in [1.165, 1.54) is 0 Å². The number of carbonyl (C=O) groups is 2. The van der Waals surface area contributed by atoms with E-state index in [0.717, 1.165) is 12.1 Å². The largest absolute Gasteiger partial charge is 0.476 e. The van der Waals surface area contributed by atoms with Crippen molar-refractivity contribution >= 4 is 28.8 Å². The van der Waals surface area contributed by atoms with Crippen molar-refractivity contribution in [1.82, 2.24) is 0 Å². The number of aliphatic carboxylic acids is 1. The number of halogens is 1. The number of nitrogens with two attached hydrogens (primary N) is 1. The summed E-state index contributed by atoms with van der Waals surface area (Å²) in [5.41, 5.74) is 4.50. The number of carbonyl (C=O) groups excluding carboxylic acids is 1. The zero-order valence-corrected chi connectivity index (χ0v) is 7.32. The summed E-state index contributed by atoms with van der Waals surface area (Å²) < 4.78 is 13.0. The van der Waals surface area contributed by atoms with Crippen molar-refractivity contribution in [3.05, 3.63) is 23.5 Å². The smallest absolute Gasteiger partial charge is 0.358 e. The van der Waals surface area contributed by atoms with Crippen molar-refractivity contribution in [2.24, 2.45) is 4.99 Å². The van der Waals surface area contributed by atoms with Gasteiger partial charge in [0.05, 0.1) is 16.9 Å². The van der Waals surface area contributed by atoms with E-state index in [1.54, 1.807) is 0 Å². The lowest BCUT2D eigenvalue weighted by Gasteiger charge is -1.98. The fourth-order valence-corrected chi connectivity index (χ4v) is 1.30. The Morgan fingerprint density at radius 3 is 2.73 bits per heavy atom. The number of carboxylic acid groups (broad SMARTS) is 1. The minimum Gasteiger partial charge on any atom is -0.476 e. The molecular formula is C9H5FN2O3. The Balaban J connectivity index is 2.61. The summed E-state index contributed by atoms with van der Waals surface area (Å²) >= 11 is 0. The van der Waals surface area contributed by atoms with Crippen molar-refractivity contribution in [3.63, 3.8) is 0 Å². The van der Waals surface area contributed by atoms with Crippen LogP contribution in [0.4, 0.5) is 15.8 Å². The fraction of sp³-hybridized carbons (Fsp3) is 0. The Morgan fingerprint density at radius 1 is 1.47 bits per heavy atom. The molecule has 2 rings (SSSR count). The Morgan fingerprint density at radius 2 is 2.13 bits per heavy atom. The lowest BCUT2D eigenvalue weighted by Crippen LogP contribution is -2.20. The molecule has 0 fully saturated rings. The quantitative estimate of drug-likeness (QED) is 0.666. The van der Waals surface area contributed by atoms with E-state index in [2.05, 4.69) is 4.99 Å². The van der Waals surface area contributed by atoms with Crippen LogP contribution in [0.3, 0.4) is 0 Å². The standard InChI is InChI=1S/C9H5FN2O3/c10-4-1-3-6(2-5(4)11)12-7(8(3)13)9(14)15/h1-2H,11H2,(H,14,15). The number of hydrogen-bond acceptors (Lipinski definition) is 4. The minimum absolute atomic E-state index is 0.0703. The zero-order chi connectivity index (χ0) is 11.2. The summed E-state index contributed by atoms with van der Waals surface area (Å²) in [4.78, 5) is 25.5. The summed E-state index contributed by atoms with van der Waals surface area (Å²) in [6.07, 6.45) is 0. The molecule has 1 aromatic carbocycles. The van der Waals surface area contributed by atoms with Gasteiger partial charge < -0.3 is 10.8 Å². The number of hydrogen-bond donors (Lipinski definition) is 2. The number of nitrogen functional groups attached to an aromatic ring is 1. The molecule has 1 aromatic rings. The van der Waals surface area contributed by atoms with Gasteiger partial charge in [-0.25, -0.2) is 14.2 Å². The van der Waals surface area contributed by atoms with Crippen LogP contribution in [0.2, 0.25) is 0 Å². The molecule has 0 saturated heterocycles. The van der Waals surface area contributed by atoms with Gasteiger partial charge in [-0.2, -0.15) is 0 Å². The third kappa shape index (κ3) is 1.26. The van der Waals surface area contributed by atoms with Crippen LogP contribution >= 0.6 is 0 Å². The van der Waals surface area contributed by atoms with E-state index in [1.807, 2.05) is 0 Å². The average molecular weight is 208 g/mol. The molecule has 1 aliphatic rings. The SMILES string of the molecule is Nc1cc2c(cc1F)C(=O)C(C(=O)O)=N2.